The Kier molecular flexibility index (Phi) is 7.41. The van der Waals surface area contributed by atoms with E-state index < -0.39 is 0 Å². The van der Waals surface area contributed by atoms with Gasteiger partial charge in [-0.1, -0.05) is 19.9 Å². The highest BCUT2D eigenvalue weighted by molar-refractivity contribution is 5.80. The highest BCUT2D eigenvalue weighted by Gasteiger charge is 2.23. The van der Waals surface area contributed by atoms with Crippen LogP contribution in [-0.4, -0.2) is 45.3 Å². The zero-order valence-corrected chi connectivity index (χ0v) is 16.4. The molecule has 0 saturated carbocycles. The van der Waals surface area contributed by atoms with Crippen LogP contribution in [0.15, 0.2) is 29.3 Å². The van der Waals surface area contributed by atoms with Crippen LogP contribution in [0, 0.1) is 11.8 Å². The molecule has 0 aliphatic carbocycles. The third kappa shape index (κ3) is 5.83. The van der Waals surface area contributed by atoms with Gasteiger partial charge < -0.3 is 20.3 Å². The molecule has 0 aromatic heterocycles. The monoisotopic (exact) mass is 346 g/mol. The second-order valence-corrected chi connectivity index (χ2v) is 7.20. The SMILES string of the molecule is CCNC(=NCC1CCN(c2cccc(OC)c2)C1)NC(C)C(C)C. The Morgan fingerprint density at radius 3 is 2.84 bits per heavy atom. The Labute approximate surface area is 152 Å². The lowest BCUT2D eigenvalue weighted by atomic mass is 10.1. The van der Waals surface area contributed by atoms with E-state index in [1.807, 2.05) is 6.07 Å². The first kappa shape index (κ1) is 19.4. The molecule has 2 unspecified atom stereocenters. The maximum absolute atomic E-state index is 5.34. The summed E-state index contributed by atoms with van der Waals surface area (Å²) in [5.74, 6) is 3.03. The fourth-order valence-electron chi connectivity index (χ4n) is 2.95. The van der Waals surface area contributed by atoms with Crippen LogP contribution < -0.4 is 20.3 Å². The van der Waals surface area contributed by atoms with Gasteiger partial charge in [-0.15, -0.1) is 0 Å². The zero-order valence-electron chi connectivity index (χ0n) is 16.4. The van der Waals surface area contributed by atoms with E-state index in [0.29, 0.717) is 17.9 Å². The quantitative estimate of drug-likeness (QED) is 0.588. The summed E-state index contributed by atoms with van der Waals surface area (Å²) in [7, 11) is 1.72. The number of anilines is 1. The average molecular weight is 347 g/mol. The predicted octanol–water partition coefficient (Wildman–Crippen LogP) is 3.12. The van der Waals surface area contributed by atoms with E-state index in [4.69, 9.17) is 9.73 Å². The normalized spacial score (nSPS) is 19.2. The van der Waals surface area contributed by atoms with E-state index in [9.17, 15) is 0 Å². The van der Waals surface area contributed by atoms with Crippen LogP contribution in [0.3, 0.4) is 0 Å². The summed E-state index contributed by atoms with van der Waals surface area (Å²) in [4.78, 5) is 7.25. The summed E-state index contributed by atoms with van der Waals surface area (Å²) >= 11 is 0. The molecule has 1 aliphatic heterocycles. The third-order valence-corrected chi connectivity index (χ3v) is 4.92. The maximum atomic E-state index is 5.34. The van der Waals surface area contributed by atoms with E-state index >= 15 is 0 Å². The molecule has 5 nitrogen and oxygen atoms in total. The Balaban J connectivity index is 1.91. The van der Waals surface area contributed by atoms with E-state index in [2.05, 4.69) is 61.4 Å². The van der Waals surface area contributed by atoms with Crippen LogP contribution in [0.4, 0.5) is 5.69 Å². The molecular formula is C20H34N4O. The van der Waals surface area contributed by atoms with Crippen LogP contribution in [0.25, 0.3) is 0 Å². The number of ether oxygens (including phenoxy) is 1. The van der Waals surface area contributed by atoms with Gasteiger partial charge >= 0.3 is 0 Å². The van der Waals surface area contributed by atoms with Gasteiger partial charge in [0.15, 0.2) is 5.96 Å². The molecule has 1 aromatic carbocycles. The van der Waals surface area contributed by atoms with Gasteiger partial charge in [0.1, 0.15) is 5.75 Å². The Hall–Kier alpha value is -1.91. The minimum Gasteiger partial charge on any atom is -0.497 e. The van der Waals surface area contributed by atoms with Gasteiger partial charge in [0.25, 0.3) is 0 Å². The average Bonchev–Trinajstić information content (AvgIpc) is 3.08. The van der Waals surface area contributed by atoms with Crippen LogP contribution >= 0.6 is 0 Å². The molecule has 5 heteroatoms. The number of rotatable bonds is 7. The van der Waals surface area contributed by atoms with Crippen molar-refractivity contribution < 1.29 is 4.74 Å². The number of benzene rings is 1. The zero-order chi connectivity index (χ0) is 18.2. The number of guanidine groups is 1. The van der Waals surface area contributed by atoms with Crippen LogP contribution in [-0.2, 0) is 0 Å². The van der Waals surface area contributed by atoms with Gasteiger partial charge in [-0.05, 0) is 44.2 Å². The van der Waals surface area contributed by atoms with Crippen molar-refractivity contribution in [1.82, 2.24) is 10.6 Å². The van der Waals surface area contributed by atoms with E-state index in [1.165, 1.54) is 12.1 Å². The first-order chi connectivity index (χ1) is 12.0. The van der Waals surface area contributed by atoms with Crippen molar-refractivity contribution in [2.45, 2.75) is 40.2 Å². The number of nitrogens with one attached hydrogen (secondary N) is 2. The van der Waals surface area contributed by atoms with Crippen molar-refractivity contribution in [2.24, 2.45) is 16.8 Å². The summed E-state index contributed by atoms with van der Waals surface area (Å²) in [5.41, 5.74) is 1.24. The summed E-state index contributed by atoms with van der Waals surface area (Å²) < 4.78 is 5.34. The fourth-order valence-corrected chi connectivity index (χ4v) is 2.95. The summed E-state index contributed by atoms with van der Waals surface area (Å²) in [5, 5.41) is 6.87. The largest absolute Gasteiger partial charge is 0.497 e. The lowest BCUT2D eigenvalue weighted by Gasteiger charge is -2.21. The molecule has 0 amide bonds. The number of hydrogen-bond acceptors (Lipinski definition) is 3. The second-order valence-electron chi connectivity index (χ2n) is 7.20. The second kappa shape index (κ2) is 9.54. The maximum Gasteiger partial charge on any atom is 0.191 e. The molecule has 1 aliphatic rings. The Morgan fingerprint density at radius 1 is 1.36 bits per heavy atom. The summed E-state index contributed by atoms with van der Waals surface area (Å²) in [6.45, 7) is 12.6. The molecule has 2 N–H and O–H groups in total. The summed E-state index contributed by atoms with van der Waals surface area (Å²) in [6, 6.07) is 8.73. The molecule has 2 rings (SSSR count). The molecule has 0 spiro atoms. The van der Waals surface area contributed by atoms with E-state index in [-0.39, 0.29) is 0 Å². The molecule has 1 fully saturated rings. The number of nitrogens with zero attached hydrogens (tertiary/aromatic N) is 2. The molecule has 1 aromatic rings. The smallest absolute Gasteiger partial charge is 0.191 e. The summed E-state index contributed by atoms with van der Waals surface area (Å²) in [6.07, 6.45) is 1.18. The number of aliphatic imine (C=N–C) groups is 1. The molecule has 2 atom stereocenters. The molecular weight excluding hydrogens is 312 g/mol. The topological polar surface area (TPSA) is 48.9 Å². The van der Waals surface area contributed by atoms with E-state index in [0.717, 1.165) is 37.9 Å². The van der Waals surface area contributed by atoms with Gasteiger partial charge in [-0.2, -0.15) is 0 Å². The molecule has 0 bridgehead atoms. The molecule has 0 radical (unpaired) electrons. The van der Waals surface area contributed by atoms with Crippen molar-refractivity contribution >= 4 is 11.6 Å². The van der Waals surface area contributed by atoms with Crippen molar-refractivity contribution in [2.75, 3.05) is 38.2 Å². The van der Waals surface area contributed by atoms with Crippen molar-refractivity contribution in [3.63, 3.8) is 0 Å². The van der Waals surface area contributed by atoms with Gasteiger partial charge in [-0.3, -0.25) is 4.99 Å². The van der Waals surface area contributed by atoms with Crippen molar-refractivity contribution in [3.05, 3.63) is 24.3 Å². The fraction of sp³-hybridized carbons (Fsp3) is 0.650. The Morgan fingerprint density at radius 2 is 2.16 bits per heavy atom. The lowest BCUT2D eigenvalue weighted by Crippen LogP contribution is -2.44. The van der Waals surface area contributed by atoms with E-state index in [1.54, 1.807) is 7.11 Å². The van der Waals surface area contributed by atoms with Crippen LogP contribution in [0.2, 0.25) is 0 Å². The van der Waals surface area contributed by atoms with Gasteiger partial charge in [0, 0.05) is 44.0 Å². The minimum absolute atomic E-state index is 0.412. The predicted molar refractivity (Wildman–Crippen MR) is 107 cm³/mol. The highest BCUT2D eigenvalue weighted by Crippen LogP contribution is 2.26. The van der Waals surface area contributed by atoms with Gasteiger partial charge in [0.05, 0.1) is 7.11 Å². The van der Waals surface area contributed by atoms with Gasteiger partial charge in [-0.25, -0.2) is 0 Å². The first-order valence-electron chi connectivity index (χ1n) is 9.47. The van der Waals surface area contributed by atoms with Crippen molar-refractivity contribution in [3.8, 4) is 5.75 Å². The molecule has 25 heavy (non-hydrogen) atoms. The van der Waals surface area contributed by atoms with Crippen molar-refractivity contribution in [1.29, 1.82) is 0 Å². The molecule has 1 saturated heterocycles. The standard InChI is InChI=1S/C20H34N4O/c1-6-21-20(23-16(4)15(2)3)22-13-17-10-11-24(14-17)18-8-7-9-19(12-18)25-5/h7-9,12,15-17H,6,10-11,13-14H2,1-5H3,(H2,21,22,23). The highest BCUT2D eigenvalue weighted by atomic mass is 16.5. The number of methoxy groups -OCH3 is 1. The lowest BCUT2D eigenvalue weighted by molar-refractivity contribution is 0.415. The van der Waals surface area contributed by atoms with Crippen LogP contribution in [0.5, 0.6) is 5.75 Å². The molecule has 140 valence electrons. The Bertz CT molecular complexity index is 558. The first-order valence-corrected chi connectivity index (χ1v) is 9.47. The minimum atomic E-state index is 0.412. The third-order valence-electron chi connectivity index (χ3n) is 4.92. The van der Waals surface area contributed by atoms with Crippen LogP contribution in [0.1, 0.15) is 34.1 Å². The van der Waals surface area contributed by atoms with Gasteiger partial charge in [0.2, 0.25) is 0 Å². The number of hydrogen-bond donors (Lipinski definition) is 2. The molecule has 1 heterocycles.